The maximum Gasteiger partial charge on any atom is 0.306 e. The number of carbonyl (C=O) groups is 2. The standard InChI is InChI=1S/C31H32O4/c32-22-7-2-1-4-11-25-14-16-26(17-15-25)27-18-20-28(21-19-27)30(33)23-29(31(34)35)13-8-12-24-9-5-3-6-10-24/h3,5-6,9-10,14-21,29,32H,1-2,7-8,12-13,22-23H2,(H,34,35)/t29-/m1/s1. The number of aryl methyl sites for hydroxylation is 1. The average molecular weight is 469 g/mol. The summed E-state index contributed by atoms with van der Waals surface area (Å²) in [5.41, 5.74) is 4.67. The van der Waals surface area contributed by atoms with E-state index in [0.29, 0.717) is 12.0 Å². The number of unbranched alkanes of at least 4 members (excludes halogenated alkanes) is 2. The molecule has 1 atom stereocenters. The van der Waals surface area contributed by atoms with Gasteiger partial charge < -0.3 is 10.2 Å². The molecule has 4 heteroatoms. The van der Waals surface area contributed by atoms with Crippen molar-refractivity contribution in [2.24, 2.45) is 5.92 Å². The highest BCUT2D eigenvalue weighted by Gasteiger charge is 2.21. The maximum atomic E-state index is 12.8. The first-order chi connectivity index (χ1) is 17.1. The van der Waals surface area contributed by atoms with Crippen molar-refractivity contribution in [2.75, 3.05) is 6.61 Å². The number of carboxylic acids is 1. The van der Waals surface area contributed by atoms with Crippen molar-refractivity contribution in [3.05, 3.63) is 95.6 Å². The third-order valence-electron chi connectivity index (χ3n) is 6.01. The first-order valence-corrected chi connectivity index (χ1v) is 12.2. The zero-order valence-corrected chi connectivity index (χ0v) is 20.0. The Bertz CT molecular complexity index is 1140. The predicted molar refractivity (Wildman–Crippen MR) is 139 cm³/mol. The Morgan fingerprint density at radius 1 is 0.800 bits per heavy atom. The molecule has 0 fully saturated rings. The van der Waals surface area contributed by atoms with Crippen molar-refractivity contribution >= 4 is 11.8 Å². The van der Waals surface area contributed by atoms with Crippen LogP contribution in [0, 0.1) is 17.8 Å². The molecule has 3 rings (SSSR count). The number of benzene rings is 3. The van der Waals surface area contributed by atoms with E-state index < -0.39 is 11.9 Å². The van der Waals surface area contributed by atoms with Gasteiger partial charge in [-0.3, -0.25) is 9.59 Å². The third kappa shape index (κ3) is 8.55. The fourth-order valence-electron chi connectivity index (χ4n) is 3.94. The van der Waals surface area contributed by atoms with Gasteiger partial charge in [-0.25, -0.2) is 0 Å². The molecule has 0 saturated carbocycles. The van der Waals surface area contributed by atoms with Crippen LogP contribution in [-0.4, -0.2) is 28.6 Å². The third-order valence-corrected chi connectivity index (χ3v) is 6.01. The highest BCUT2D eigenvalue weighted by atomic mass is 16.4. The van der Waals surface area contributed by atoms with Crippen LogP contribution < -0.4 is 0 Å². The molecule has 0 amide bonds. The van der Waals surface area contributed by atoms with Gasteiger partial charge in [-0.15, -0.1) is 0 Å². The number of aliphatic carboxylic acids is 1. The van der Waals surface area contributed by atoms with Crippen LogP contribution in [0.1, 0.15) is 60.0 Å². The highest BCUT2D eigenvalue weighted by Crippen LogP contribution is 2.22. The summed E-state index contributed by atoms with van der Waals surface area (Å²) in [6.07, 6.45) is 4.47. The van der Waals surface area contributed by atoms with Gasteiger partial charge >= 0.3 is 5.97 Å². The minimum absolute atomic E-state index is 0.00907. The molecule has 2 N–H and O–H groups in total. The van der Waals surface area contributed by atoms with E-state index in [-0.39, 0.29) is 18.8 Å². The van der Waals surface area contributed by atoms with E-state index in [1.807, 2.05) is 66.7 Å². The molecule has 0 aromatic heterocycles. The molecule has 4 nitrogen and oxygen atoms in total. The van der Waals surface area contributed by atoms with Crippen LogP contribution in [0.5, 0.6) is 0 Å². The van der Waals surface area contributed by atoms with Crippen LogP contribution >= 0.6 is 0 Å². The second-order valence-electron chi connectivity index (χ2n) is 8.68. The molecular weight excluding hydrogens is 436 g/mol. The molecule has 3 aromatic carbocycles. The van der Waals surface area contributed by atoms with Crippen LogP contribution in [0.4, 0.5) is 0 Å². The molecule has 35 heavy (non-hydrogen) atoms. The van der Waals surface area contributed by atoms with E-state index in [4.69, 9.17) is 5.11 Å². The molecule has 0 saturated heterocycles. The van der Waals surface area contributed by atoms with Gasteiger partial charge in [0, 0.05) is 30.6 Å². The molecule has 0 aliphatic rings. The van der Waals surface area contributed by atoms with Crippen LogP contribution in [0.2, 0.25) is 0 Å². The van der Waals surface area contributed by atoms with E-state index >= 15 is 0 Å². The summed E-state index contributed by atoms with van der Waals surface area (Å²) in [6.45, 7) is 0.204. The Hall–Kier alpha value is -3.68. The van der Waals surface area contributed by atoms with Crippen LogP contribution in [-0.2, 0) is 11.2 Å². The number of aliphatic hydroxyl groups is 1. The molecule has 0 radical (unpaired) electrons. The summed E-state index contributed by atoms with van der Waals surface area (Å²) in [7, 11) is 0. The van der Waals surface area contributed by atoms with Crippen molar-refractivity contribution in [3.8, 4) is 23.0 Å². The molecular formula is C31H32O4. The van der Waals surface area contributed by atoms with Crippen LogP contribution in [0.25, 0.3) is 11.1 Å². The Balaban J connectivity index is 1.54. The number of hydrogen-bond acceptors (Lipinski definition) is 3. The van der Waals surface area contributed by atoms with Crippen LogP contribution in [0.3, 0.4) is 0 Å². The smallest absolute Gasteiger partial charge is 0.306 e. The van der Waals surface area contributed by atoms with E-state index in [2.05, 4.69) is 11.8 Å². The molecule has 0 bridgehead atoms. The number of hydrogen-bond donors (Lipinski definition) is 2. The van der Waals surface area contributed by atoms with Gasteiger partial charge in [-0.05, 0) is 60.9 Å². The van der Waals surface area contributed by atoms with Gasteiger partial charge in [0.1, 0.15) is 0 Å². The fraction of sp³-hybridized carbons (Fsp3) is 0.290. The number of aliphatic hydroxyl groups excluding tert-OH is 1. The quantitative estimate of drug-likeness (QED) is 0.190. The minimum Gasteiger partial charge on any atom is -0.481 e. The van der Waals surface area contributed by atoms with Crippen molar-refractivity contribution in [1.29, 1.82) is 0 Å². The van der Waals surface area contributed by atoms with Gasteiger partial charge in [-0.2, -0.15) is 0 Å². The van der Waals surface area contributed by atoms with Gasteiger partial charge in [0.15, 0.2) is 5.78 Å². The molecule has 0 aliphatic heterocycles. The Morgan fingerprint density at radius 2 is 1.46 bits per heavy atom. The summed E-state index contributed by atoms with van der Waals surface area (Å²) in [4.78, 5) is 24.5. The van der Waals surface area contributed by atoms with E-state index in [1.165, 1.54) is 5.56 Å². The fourth-order valence-corrected chi connectivity index (χ4v) is 3.94. The summed E-state index contributed by atoms with van der Waals surface area (Å²) in [6, 6.07) is 25.3. The largest absolute Gasteiger partial charge is 0.481 e. The molecule has 0 spiro atoms. The Labute approximate surface area is 207 Å². The van der Waals surface area contributed by atoms with Gasteiger partial charge in [0.25, 0.3) is 0 Å². The van der Waals surface area contributed by atoms with Gasteiger partial charge in [0.2, 0.25) is 0 Å². The van der Waals surface area contributed by atoms with Gasteiger partial charge in [-0.1, -0.05) is 78.6 Å². The van der Waals surface area contributed by atoms with Crippen molar-refractivity contribution in [3.63, 3.8) is 0 Å². The second kappa shape index (κ2) is 13.9. The van der Waals surface area contributed by atoms with Gasteiger partial charge in [0.05, 0.1) is 5.92 Å². The summed E-state index contributed by atoms with van der Waals surface area (Å²) in [5.74, 6) is 4.51. The molecule has 0 heterocycles. The topological polar surface area (TPSA) is 74.6 Å². The predicted octanol–water partition coefficient (Wildman–Crippen LogP) is 6.16. The molecule has 3 aromatic rings. The first kappa shape index (κ1) is 25.9. The lowest BCUT2D eigenvalue weighted by Crippen LogP contribution is -2.18. The average Bonchev–Trinajstić information content (AvgIpc) is 2.89. The SMILES string of the molecule is O=C(C[C@@H](CCCc1ccccc1)C(=O)O)c1ccc(-c2ccc(C#CCCCCO)cc2)cc1. The lowest BCUT2D eigenvalue weighted by Gasteiger charge is -2.12. The monoisotopic (exact) mass is 468 g/mol. The minimum atomic E-state index is -0.917. The van der Waals surface area contributed by atoms with E-state index in [1.54, 1.807) is 12.1 Å². The lowest BCUT2D eigenvalue weighted by atomic mass is 9.92. The normalized spacial score (nSPS) is 11.3. The number of Topliss-reactive ketones (excluding diaryl/α,β-unsaturated/α-hetero) is 1. The van der Waals surface area contributed by atoms with E-state index in [0.717, 1.165) is 48.8 Å². The highest BCUT2D eigenvalue weighted by molar-refractivity contribution is 5.98. The maximum absolute atomic E-state index is 12.8. The number of carbonyl (C=O) groups excluding carboxylic acids is 1. The summed E-state index contributed by atoms with van der Waals surface area (Å²) < 4.78 is 0. The van der Waals surface area contributed by atoms with Crippen LogP contribution in [0.15, 0.2) is 78.9 Å². The molecule has 0 unspecified atom stereocenters. The zero-order chi connectivity index (χ0) is 24.9. The lowest BCUT2D eigenvalue weighted by molar-refractivity contribution is -0.141. The zero-order valence-electron chi connectivity index (χ0n) is 20.0. The van der Waals surface area contributed by atoms with Crippen molar-refractivity contribution in [2.45, 2.75) is 44.9 Å². The Kier molecular flexibility index (Phi) is 10.3. The second-order valence-corrected chi connectivity index (χ2v) is 8.68. The summed E-state index contributed by atoms with van der Waals surface area (Å²) >= 11 is 0. The van der Waals surface area contributed by atoms with Crippen molar-refractivity contribution < 1.29 is 19.8 Å². The molecule has 0 aliphatic carbocycles. The number of rotatable bonds is 12. The number of carboxylic acid groups (broad SMARTS) is 1. The van der Waals surface area contributed by atoms with Crippen molar-refractivity contribution in [1.82, 2.24) is 0 Å². The molecule has 180 valence electrons. The number of ketones is 1. The summed E-state index contributed by atoms with van der Waals surface area (Å²) in [5, 5.41) is 18.4. The first-order valence-electron chi connectivity index (χ1n) is 12.2. The van der Waals surface area contributed by atoms with E-state index in [9.17, 15) is 14.7 Å². The Morgan fingerprint density at radius 3 is 2.09 bits per heavy atom.